The van der Waals surface area contributed by atoms with E-state index in [1.807, 2.05) is 0 Å². The van der Waals surface area contributed by atoms with Crippen LogP contribution in [-0.4, -0.2) is 33.3 Å². The van der Waals surface area contributed by atoms with Gasteiger partial charge in [0.05, 0.1) is 31.9 Å². The van der Waals surface area contributed by atoms with Crippen molar-refractivity contribution in [2.45, 2.75) is 10.3 Å². The van der Waals surface area contributed by atoms with E-state index in [0.29, 0.717) is 11.0 Å². The van der Waals surface area contributed by atoms with E-state index in [2.05, 4.69) is 10.3 Å². The number of non-ortho nitro benzene ring substituents is 1. The van der Waals surface area contributed by atoms with Crippen LogP contribution in [0, 0.1) is 20.2 Å². The lowest BCUT2D eigenvalue weighted by Crippen LogP contribution is -2.23. The minimum atomic E-state index is -4.27. The van der Waals surface area contributed by atoms with Crippen LogP contribution in [0.25, 0.3) is 11.0 Å². The van der Waals surface area contributed by atoms with Gasteiger partial charge < -0.3 is 0 Å². The summed E-state index contributed by atoms with van der Waals surface area (Å²) in [6.07, 6.45) is 0. The molecule has 1 unspecified atom stereocenters. The average molecular weight is 439 g/mol. The molecular formula is C19H13N5O6S. The van der Waals surface area contributed by atoms with Crippen LogP contribution < -0.4 is 0 Å². The maximum atomic E-state index is 13.6. The highest BCUT2D eigenvalue weighted by Crippen LogP contribution is 2.38. The van der Waals surface area contributed by atoms with Gasteiger partial charge in [0.15, 0.2) is 5.37 Å². The Morgan fingerprint density at radius 1 is 0.871 bits per heavy atom. The Hall–Kier alpha value is -4.19. The van der Waals surface area contributed by atoms with Crippen LogP contribution in [0.5, 0.6) is 0 Å². The van der Waals surface area contributed by atoms with Gasteiger partial charge in [0, 0.05) is 6.07 Å². The van der Waals surface area contributed by atoms with Gasteiger partial charge in [0.1, 0.15) is 5.52 Å². The van der Waals surface area contributed by atoms with E-state index in [0.717, 1.165) is 22.9 Å². The third-order valence-corrected chi connectivity index (χ3v) is 6.62. The van der Waals surface area contributed by atoms with Crippen molar-refractivity contribution in [1.82, 2.24) is 15.0 Å². The van der Waals surface area contributed by atoms with E-state index in [9.17, 15) is 28.6 Å². The fraction of sp³-hybridized carbons (Fsp3) is 0.0526. The molecule has 12 heteroatoms. The summed E-state index contributed by atoms with van der Waals surface area (Å²) in [7, 11) is -4.27. The Labute approximate surface area is 174 Å². The standard InChI is InChI=1S/C19H13N5O6S/c25-23(26)13-10-11-15(18(12-13)24(27)28)19(31(29,30)14-6-2-1-3-7-14)22-17-9-5-4-8-16(17)20-21-22/h1-12,19H. The van der Waals surface area contributed by atoms with Gasteiger partial charge in [-0.25, -0.2) is 13.1 Å². The number of fused-ring (bicyclic) bond motifs is 1. The highest BCUT2D eigenvalue weighted by atomic mass is 32.2. The van der Waals surface area contributed by atoms with E-state index in [1.54, 1.807) is 30.3 Å². The van der Waals surface area contributed by atoms with Crippen LogP contribution in [0.15, 0.2) is 77.7 Å². The summed E-state index contributed by atoms with van der Waals surface area (Å²) in [5.74, 6) is 0. The first-order valence-corrected chi connectivity index (χ1v) is 10.4. The fourth-order valence-corrected chi connectivity index (χ4v) is 4.99. The number of rotatable bonds is 6. The quantitative estimate of drug-likeness (QED) is 0.328. The second-order valence-corrected chi connectivity index (χ2v) is 8.50. The zero-order valence-electron chi connectivity index (χ0n) is 15.6. The smallest absolute Gasteiger partial charge is 0.258 e. The molecule has 0 N–H and O–H groups in total. The molecule has 1 aromatic heterocycles. The van der Waals surface area contributed by atoms with E-state index < -0.39 is 36.4 Å². The lowest BCUT2D eigenvalue weighted by molar-refractivity contribution is -0.394. The Morgan fingerprint density at radius 3 is 2.23 bits per heavy atom. The van der Waals surface area contributed by atoms with Gasteiger partial charge in [-0.3, -0.25) is 20.2 Å². The first-order chi connectivity index (χ1) is 14.8. The zero-order valence-corrected chi connectivity index (χ0v) is 16.4. The summed E-state index contributed by atoms with van der Waals surface area (Å²) in [6.45, 7) is 0. The molecule has 0 aliphatic rings. The van der Waals surface area contributed by atoms with Gasteiger partial charge in [0.2, 0.25) is 9.84 Å². The maximum absolute atomic E-state index is 13.6. The Morgan fingerprint density at radius 2 is 1.55 bits per heavy atom. The van der Waals surface area contributed by atoms with Crippen LogP contribution in [-0.2, 0) is 9.84 Å². The van der Waals surface area contributed by atoms with Crippen molar-refractivity contribution in [3.05, 3.63) is 98.6 Å². The van der Waals surface area contributed by atoms with Gasteiger partial charge in [-0.2, -0.15) is 0 Å². The third kappa shape index (κ3) is 3.48. The van der Waals surface area contributed by atoms with Crippen LogP contribution in [0.3, 0.4) is 0 Å². The summed E-state index contributed by atoms with van der Waals surface area (Å²) < 4.78 is 28.3. The lowest BCUT2D eigenvalue weighted by atomic mass is 10.1. The van der Waals surface area contributed by atoms with E-state index in [4.69, 9.17) is 0 Å². The maximum Gasteiger partial charge on any atom is 0.282 e. The van der Waals surface area contributed by atoms with Gasteiger partial charge in [-0.1, -0.05) is 35.5 Å². The lowest BCUT2D eigenvalue weighted by Gasteiger charge is -2.19. The number of para-hydroxylation sites is 1. The largest absolute Gasteiger partial charge is 0.282 e. The Kier molecular flexibility index (Phi) is 4.91. The summed E-state index contributed by atoms with van der Waals surface area (Å²) in [5, 5.41) is 29.1. The molecule has 0 amide bonds. The summed E-state index contributed by atoms with van der Waals surface area (Å²) in [6, 6.07) is 16.8. The molecule has 0 fully saturated rings. The number of nitro groups is 2. The minimum Gasteiger partial charge on any atom is -0.258 e. The van der Waals surface area contributed by atoms with E-state index >= 15 is 0 Å². The van der Waals surface area contributed by atoms with E-state index in [-0.39, 0.29) is 10.5 Å². The predicted octanol–water partition coefficient (Wildman–Crippen LogP) is 3.27. The molecule has 0 aliphatic heterocycles. The second kappa shape index (κ2) is 7.57. The fourth-order valence-electron chi connectivity index (χ4n) is 3.24. The van der Waals surface area contributed by atoms with Gasteiger partial charge in [0.25, 0.3) is 11.4 Å². The molecule has 31 heavy (non-hydrogen) atoms. The number of hydrogen-bond acceptors (Lipinski definition) is 8. The highest BCUT2D eigenvalue weighted by Gasteiger charge is 2.38. The number of nitro benzene ring substituents is 2. The molecule has 1 atom stereocenters. The molecule has 0 bridgehead atoms. The van der Waals surface area contributed by atoms with Crippen LogP contribution in [0.4, 0.5) is 11.4 Å². The number of nitrogens with zero attached hydrogens (tertiary/aromatic N) is 5. The van der Waals surface area contributed by atoms with Crippen molar-refractivity contribution in [3.63, 3.8) is 0 Å². The van der Waals surface area contributed by atoms with Crippen molar-refractivity contribution in [3.8, 4) is 0 Å². The van der Waals surface area contributed by atoms with Crippen LogP contribution in [0.2, 0.25) is 0 Å². The minimum absolute atomic E-state index is 0.0905. The number of benzene rings is 3. The molecule has 0 saturated heterocycles. The summed E-state index contributed by atoms with van der Waals surface area (Å²) in [4.78, 5) is 21.1. The predicted molar refractivity (Wildman–Crippen MR) is 109 cm³/mol. The SMILES string of the molecule is O=[N+]([O-])c1ccc(C(n2nnc3ccccc32)S(=O)(=O)c2ccccc2)c([N+](=O)[O-])c1. The Balaban J connectivity index is 2.05. The Bertz CT molecular complexity index is 1420. The number of sulfone groups is 1. The molecule has 0 spiro atoms. The molecule has 11 nitrogen and oxygen atoms in total. The molecule has 0 aliphatic carbocycles. The topological polar surface area (TPSA) is 151 Å². The number of hydrogen-bond donors (Lipinski definition) is 0. The third-order valence-electron chi connectivity index (χ3n) is 4.65. The molecule has 156 valence electrons. The molecule has 1 heterocycles. The normalized spacial score (nSPS) is 12.5. The first kappa shape index (κ1) is 20.1. The molecule has 0 radical (unpaired) electrons. The number of aromatic nitrogens is 3. The molecule has 4 rings (SSSR count). The highest BCUT2D eigenvalue weighted by molar-refractivity contribution is 7.91. The first-order valence-electron chi connectivity index (χ1n) is 8.82. The monoisotopic (exact) mass is 439 g/mol. The van der Waals surface area contributed by atoms with Crippen molar-refractivity contribution < 1.29 is 18.3 Å². The average Bonchev–Trinajstić information content (AvgIpc) is 3.18. The van der Waals surface area contributed by atoms with Crippen molar-refractivity contribution in [2.75, 3.05) is 0 Å². The van der Waals surface area contributed by atoms with Gasteiger partial charge in [-0.15, -0.1) is 5.10 Å². The molecule has 0 saturated carbocycles. The van der Waals surface area contributed by atoms with Crippen molar-refractivity contribution in [2.24, 2.45) is 0 Å². The van der Waals surface area contributed by atoms with Crippen molar-refractivity contribution >= 4 is 32.2 Å². The molecule has 4 aromatic rings. The molecular weight excluding hydrogens is 426 g/mol. The summed E-state index contributed by atoms with van der Waals surface area (Å²) >= 11 is 0. The van der Waals surface area contributed by atoms with Crippen molar-refractivity contribution in [1.29, 1.82) is 0 Å². The van der Waals surface area contributed by atoms with E-state index in [1.165, 1.54) is 24.3 Å². The van der Waals surface area contributed by atoms with Gasteiger partial charge in [-0.05, 0) is 30.3 Å². The second-order valence-electron chi connectivity index (χ2n) is 6.49. The zero-order chi connectivity index (χ0) is 22.2. The van der Waals surface area contributed by atoms with Crippen LogP contribution >= 0.6 is 0 Å². The van der Waals surface area contributed by atoms with Gasteiger partial charge >= 0.3 is 0 Å². The van der Waals surface area contributed by atoms with Crippen LogP contribution in [0.1, 0.15) is 10.9 Å². The summed E-state index contributed by atoms with van der Waals surface area (Å²) in [5.41, 5.74) is -0.789. The molecule has 3 aromatic carbocycles.